The molecule has 0 aliphatic carbocycles. The van der Waals surface area contributed by atoms with Gasteiger partial charge in [0.1, 0.15) is 57.4 Å². The Labute approximate surface area is 854 Å². The number of amides is 4. The number of hydrogen-bond donors (Lipinski definition) is 8. The molecule has 0 spiro atoms. The first-order valence-electron chi connectivity index (χ1n) is 44.4. The molecule has 0 aliphatic rings. The number of esters is 8. The first kappa shape index (κ1) is 142. The van der Waals surface area contributed by atoms with E-state index in [1.54, 1.807) is 96.9 Å². The van der Waals surface area contributed by atoms with Crippen LogP contribution in [0.1, 0.15) is 300 Å². The Morgan fingerprint density at radius 1 is 0.362 bits per heavy atom. The van der Waals surface area contributed by atoms with E-state index in [9.17, 15) is 62.8 Å². The number of hydrogen-bond acceptors (Lipinski definition) is 30. The maximum absolute atomic E-state index is 11.9. The van der Waals surface area contributed by atoms with Gasteiger partial charge in [0.25, 0.3) is 0 Å². The number of nitriles is 4. The van der Waals surface area contributed by atoms with Gasteiger partial charge in [-0.2, -0.15) is 21.0 Å². The van der Waals surface area contributed by atoms with Crippen molar-refractivity contribution in [3.8, 4) is 24.3 Å². The fourth-order valence-electron chi connectivity index (χ4n) is 9.28. The average molecular weight is 2180 g/mol. The molecule has 0 aromatic heterocycles. The van der Waals surface area contributed by atoms with E-state index < -0.39 is 92.7 Å². The molecular formula is C101H160BClN14O20U. The van der Waals surface area contributed by atoms with Crippen LogP contribution in [-0.2, 0) is 95.4 Å². The van der Waals surface area contributed by atoms with Crippen molar-refractivity contribution in [3.63, 3.8) is 0 Å². The number of carbonyl (C=O) groups excluding carboxylic acids is 12. The Hall–Kier alpha value is -11.2. The monoisotopic (exact) mass is 2170 g/mol. The van der Waals surface area contributed by atoms with Crippen LogP contribution in [0.2, 0.25) is 0 Å². The molecule has 4 aromatic rings. The van der Waals surface area contributed by atoms with E-state index in [4.69, 9.17) is 101 Å². The standard InChI is InChI=1S/C22H24N2O2.C15H12N2.C10H19NO3.C10H17NO2.3C9H18N2O3.C9H16N2O2.C7H12O2.CH4.BH.ClH.U/c1-22(2,3)26-20(25)15-14-19(16-23)24-21(17-10-6-4-7-11-17)18-12-8-5-9-13-18;16-11-12-17-15(13-7-3-1-4-8-13)14-9-5-2-6-10-14;1-7(9(11)13)5-6-8(12)14-10(2,3)4;1-8(7-11)5-6-9(12)13-10(2,3)4;3*1-9(2,3)14-7(12)5-4-6(10)8(11)13;1-9(2,3)13-8(12)5-4-7(11)6-10;1-5-6(8)9-7(2,3)4;;;;/h4-13,19H,14-15H2,1-3H3;1-10H,12H2;7H,5-6H2,1-4H3,(H2,11,13);8H,5-6H2,1-4H3;3*6H,4-5,10H2,1-3H3,(H2,11,13);7H,4-5,11H2,1-3H3;5H,1H2,2-4H3;1H4;2*1H;/t;;;;2*6-;;;;;;;/m....00......./s1/i;;;;;;;;;;1D;;. The van der Waals surface area contributed by atoms with Crippen LogP contribution in [0, 0.1) is 88.3 Å². The quantitative estimate of drug-likeness (QED) is 0.00562. The topological polar surface area (TPSA) is 607 Å². The van der Waals surface area contributed by atoms with Crippen LogP contribution in [0.25, 0.3) is 0 Å². The fourth-order valence-corrected chi connectivity index (χ4v) is 9.28. The SMILES string of the molecule is C.C=CC(=O)OC(C)(C)C.CC(C#N)CCC(=O)OC(C)(C)C.CC(C)(C)OC(=O)CCC(C#N)N=C(c1ccccc1)c1ccccc1.CC(C)(C)OC(=O)CCC(N)C#N.CC(C)(C)OC(=O)CCC(N)C(N)=O.CC(C)(C)OC(=O)CC[C@H](N)C(N)=O.CC(C)(C)OC(=O)CC[C@H](N)C(N)=O.CC(CCC(=O)OC(C)(C)C)C(N)=O.Cl.N#CCN=C(c1ccccc1)c1ccccc1.[2H][B].[U]. The Kier molecular flexibility index (Phi) is 77.1. The maximum Gasteiger partial charge on any atom is 0.330 e. The third-order valence-electron chi connectivity index (χ3n) is 15.2. The molecule has 4 rings (SSSR count). The van der Waals surface area contributed by atoms with Gasteiger partial charge in [-0.3, -0.25) is 62.7 Å². The van der Waals surface area contributed by atoms with Crippen LogP contribution < -0.4 is 45.9 Å². The van der Waals surface area contributed by atoms with Gasteiger partial charge >= 0.3 is 47.8 Å². The van der Waals surface area contributed by atoms with Crippen molar-refractivity contribution < 1.29 is 127 Å². The van der Waals surface area contributed by atoms with Gasteiger partial charge in [-0.05, 0) is 219 Å². The van der Waals surface area contributed by atoms with Crippen molar-refractivity contribution in [1.82, 2.24) is 0 Å². The second-order valence-electron chi connectivity index (χ2n) is 38.1. The van der Waals surface area contributed by atoms with Crippen LogP contribution in [0.15, 0.2) is 144 Å². The van der Waals surface area contributed by atoms with E-state index >= 15 is 0 Å². The predicted octanol–water partition coefficient (Wildman–Crippen LogP) is 13.7. The van der Waals surface area contributed by atoms with Crippen LogP contribution in [0.5, 0.6) is 0 Å². The van der Waals surface area contributed by atoms with Crippen molar-refractivity contribution in [2.75, 3.05) is 6.54 Å². The minimum Gasteiger partial charge on any atom is -0.460 e. The average Bonchev–Trinajstić information content (AvgIpc) is 0.819. The summed E-state index contributed by atoms with van der Waals surface area (Å²) in [4.78, 5) is 141. The van der Waals surface area contributed by atoms with Crippen LogP contribution in [-0.4, -0.2) is 174 Å². The molecule has 138 heavy (non-hydrogen) atoms. The second-order valence-corrected chi connectivity index (χ2v) is 38.1. The molecular weight excluding hydrogens is 2010 g/mol. The first-order chi connectivity index (χ1) is 62.3. The van der Waals surface area contributed by atoms with Gasteiger partial charge in [-0.25, -0.2) is 4.79 Å². The summed E-state index contributed by atoms with van der Waals surface area (Å²) in [6.45, 7) is 50.2. The summed E-state index contributed by atoms with van der Waals surface area (Å²) >= 11 is 0. The molecule has 768 valence electrons. The molecule has 0 bridgehead atoms. The number of rotatable bonds is 32. The van der Waals surface area contributed by atoms with E-state index in [2.05, 4.69) is 43.1 Å². The zero-order valence-corrected chi connectivity index (χ0v) is 90.4. The largest absolute Gasteiger partial charge is 0.460 e. The molecule has 0 saturated heterocycles. The number of nitrogens with zero attached hydrogens (tertiary/aromatic N) is 6. The Bertz CT molecular complexity index is 4150. The van der Waals surface area contributed by atoms with Crippen LogP contribution >= 0.6 is 12.4 Å². The summed E-state index contributed by atoms with van der Waals surface area (Å²) in [7, 11) is 3.75. The fraction of sp³-hybridized carbons (Fsp3) is 0.564. The molecule has 16 N–H and O–H groups in total. The smallest absolute Gasteiger partial charge is 0.330 e. The second kappa shape index (κ2) is 74.8. The number of ether oxygens (including phenoxy) is 8. The first-order valence-corrected chi connectivity index (χ1v) is 43.8. The summed E-state index contributed by atoms with van der Waals surface area (Å²) < 4.78 is 45.6. The van der Waals surface area contributed by atoms with Gasteiger partial charge in [-0.15, -0.1) is 12.4 Å². The number of halogens is 1. The summed E-state index contributed by atoms with van der Waals surface area (Å²) in [6, 6.07) is 44.0. The van der Waals surface area contributed by atoms with Crippen molar-refractivity contribution >= 4 is 104 Å². The number of aliphatic imine (C=N–C) groups is 2. The molecule has 0 heterocycles. The Morgan fingerprint density at radius 3 is 0.797 bits per heavy atom. The molecule has 4 amide bonds. The molecule has 37 heteroatoms. The third-order valence-corrected chi connectivity index (χ3v) is 15.2. The summed E-state index contributed by atoms with van der Waals surface area (Å²) in [5.41, 5.74) is 43.0. The van der Waals surface area contributed by atoms with Gasteiger partial charge < -0.3 is 83.8 Å². The van der Waals surface area contributed by atoms with Gasteiger partial charge in [0.05, 0.1) is 59.9 Å². The van der Waals surface area contributed by atoms with E-state index in [-0.39, 0.29) is 181 Å². The van der Waals surface area contributed by atoms with Crippen molar-refractivity contribution in [1.29, 1.82) is 22.4 Å². The number of primary amides is 4. The Balaban J connectivity index is -0.000000197. The summed E-state index contributed by atoms with van der Waals surface area (Å²) in [5, 5.41) is 35.0. The number of nitrogens with two attached hydrogens (primary N) is 8. The summed E-state index contributed by atoms with van der Waals surface area (Å²) in [6.07, 6.45) is 4.80. The maximum atomic E-state index is 11.9. The van der Waals surface area contributed by atoms with Crippen molar-refractivity contribution in [3.05, 3.63) is 156 Å². The van der Waals surface area contributed by atoms with E-state index in [1.807, 2.05) is 210 Å². The molecule has 2 radical (unpaired) electrons. The van der Waals surface area contributed by atoms with Crippen LogP contribution in [0.4, 0.5) is 0 Å². The third kappa shape index (κ3) is 92.5. The zero-order chi connectivity index (χ0) is 107. The molecule has 4 aromatic carbocycles. The Morgan fingerprint density at radius 2 is 0.594 bits per heavy atom. The molecule has 5 unspecified atom stereocenters. The zero-order valence-electron chi connectivity index (χ0n) is 86.4. The van der Waals surface area contributed by atoms with Crippen LogP contribution in [0.3, 0.4) is 0 Å². The van der Waals surface area contributed by atoms with Crippen molar-refractivity contribution in [2.45, 2.75) is 352 Å². The van der Waals surface area contributed by atoms with Gasteiger partial charge in [0.2, 0.25) is 23.6 Å². The molecule has 34 nitrogen and oxygen atoms in total. The van der Waals surface area contributed by atoms with Gasteiger partial charge in [0, 0.05) is 125 Å². The number of carbonyl (C=O) groups is 12. The van der Waals surface area contributed by atoms with Gasteiger partial charge in [-0.1, -0.05) is 142 Å². The normalized spacial score (nSPS) is 12.1. The van der Waals surface area contributed by atoms with E-state index in [0.717, 1.165) is 39.8 Å². The van der Waals surface area contributed by atoms with Gasteiger partial charge in [0.15, 0.2) is 0 Å². The molecule has 0 fully saturated rings. The van der Waals surface area contributed by atoms with Crippen molar-refractivity contribution in [2.24, 2.45) is 67.7 Å². The minimum atomic E-state index is -0.775. The minimum absolute atomic E-state index is 0. The van der Waals surface area contributed by atoms with E-state index in [1.165, 1.54) is 0 Å². The molecule has 7 atom stereocenters. The predicted molar refractivity (Wildman–Crippen MR) is 538 cm³/mol. The number of benzene rings is 4. The molecule has 0 saturated carbocycles. The summed E-state index contributed by atoms with van der Waals surface area (Å²) in [5.74, 6) is -5.15. The van der Waals surface area contributed by atoms with E-state index in [0.29, 0.717) is 32.1 Å². The molecule has 0 aliphatic heterocycles.